The lowest BCUT2D eigenvalue weighted by molar-refractivity contribution is -0.166. The zero-order valence-electron chi connectivity index (χ0n) is 26.8. The molecule has 4 saturated heterocycles. The van der Waals surface area contributed by atoms with Gasteiger partial charge in [0.15, 0.2) is 0 Å². The molecule has 4 heterocycles. The molecule has 0 aliphatic carbocycles. The Hall–Kier alpha value is -4.16. The quantitative estimate of drug-likeness (QED) is 0.417. The van der Waals surface area contributed by atoms with Gasteiger partial charge in [0, 0.05) is 25.2 Å². The van der Waals surface area contributed by atoms with Crippen molar-refractivity contribution >= 4 is 35.5 Å². The molecule has 5 rings (SSSR count). The summed E-state index contributed by atoms with van der Waals surface area (Å²) in [6.45, 7) is 6.10. The number of cyclic esters (lactones) is 1. The highest BCUT2D eigenvalue weighted by molar-refractivity contribution is 6.00. The first-order chi connectivity index (χ1) is 22.0. The molecular weight excluding hydrogens is 594 g/mol. The van der Waals surface area contributed by atoms with Gasteiger partial charge in [0.05, 0.1) is 0 Å². The number of hydrogen-bond donors (Lipinski definition) is 3. The van der Waals surface area contributed by atoms with Crippen LogP contribution in [0.5, 0.6) is 5.75 Å². The number of carbonyl (C=O) groups excluding carboxylic acids is 6. The number of ether oxygens (including phenoxy) is 1. The maximum atomic E-state index is 14.1. The second kappa shape index (κ2) is 14.1. The van der Waals surface area contributed by atoms with Crippen LogP contribution in [0.25, 0.3) is 0 Å². The van der Waals surface area contributed by atoms with Crippen LogP contribution in [0.2, 0.25) is 0 Å². The maximum absolute atomic E-state index is 14.1. The van der Waals surface area contributed by atoms with Gasteiger partial charge < -0.3 is 35.2 Å². The molecule has 3 N–H and O–H groups in total. The second-order valence-corrected chi connectivity index (χ2v) is 13.1. The van der Waals surface area contributed by atoms with Crippen LogP contribution in [-0.4, -0.2) is 111 Å². The van der Waals surface area contributed by atoms with E-state index in [2.05, 4.69) is 10.6 Å². The van der Waals surface area contributed by atoms with E-state index in [0.717, 1.165) is 12.8 Å². The third-order valence-corrected chi connectivity index (χ3v) is 9.65. The molecule has 0 bridgehead atoms. The normalized spacial score (nSPS) is 29.9. The fourth-order valence-electron chi connectivity index (χ4n) is 7.06. The number of benzene rings is 1. The molecule has 5 amide bonds. The minimum Gasteiger partial charge on any atom is -0.508 e. The van der Waals surface area contributed by atoms with Crippen molar-refractivity contribution in [2.75, 3.05) is 19.6 Å². The van der Waals surface area contributed by atoms with Gasteiger partial charge in [-0.2, -0.15) is 0 Å². The predicted molar refractivity (Wildman–Crippen MR) is 165 cm³/mol. The second-order valence-electron chi connectivity index (χ2n) is 13.1. The van der Waals surface area contributed by atoms with Gasteiger partial charge >= 0.3 is 5.97 Å². The molecule has 0 aromatic heterocycles. The molecule has 13 heteroatoms. The van der Waals surface area contributed by atoms with Crippen molar-refractivity contribution in [1.82, 2.24) is 25.3 Å². The Kier molecular flexibility index (Phi) is 10.2. The minimum absolute atomic E-state index is 0.0405. The molecule has 4 aliphatic heterocycles. The number of aromatic hydroxyl groups is 1. The van der Waals surface area contributed by atoms with Crippen molar-refractivity contribution < 1.29 is 38.6 Å². The summed E-state index contributed by atoms with van der Waals surface area (Å²) in [4.78, 5) is 87.8. The summed E-state index contributed by atoms with van der Waals surface area (Å²) in [5, 5.41) is 15.1. The van der Waals surface area contributed by atoms with E-state index in [9.17, 15) is 33.9 Å². The summed E-state index contributed by atoms with van der Waals surface area (Å²) in [5.74, 6) is -3.51. The Morgan fingerprint density at radius 1 is 0.804 bits per heavy atom. The van der Waals surface area contributed by atoms with Gasteiger partial charge in [0.1, 0.15) is 42.1 Å². The van der Waals surface area contributed by atoms with Gasteiger partial charge in [-0.25, -0.2) is 4.79 Å². The minimum atomic E-state index is -1.40. The lowest BCUT2D eigenvalue weighted by atomic mass is 9.95. The molecule has 1 aromatic carbocycles. The molecule has 0 spiro atoms. The van der Waals surface area contributed by atoms with Crippen LogP contribution in [0.4, 0.5) is 0 Å². The van der Waals surface area contributed by atoms with Gasteiger partial charge in [-0.3, -0.25) is 24.0 Å². The predicted octanol–water partition coefficient (Wildman–Crippen LogP) is 1.33. The number of esters is 1. The van der Waals surface area contributed by atoms with Crippen molar-refractivity contribution in [1.29, 1.82) is 0 Å². The van der Waals surface area contributed by atoms with E-state index in [4.69, 9.17) is 4.74 Å². The van der Waals surface area contributed by atoms with Crippen molar-refractivity contribution in [2.24, 2.45) is 5.92 Å². The molecule has 6 atom stereocenters. The standard InChI is InChI=1S/C33H45N5O8/c1-19(2)26-32(44)37-18-8-11-24(37)30(42)36-16-6-4-9-23(36)31(43)38-17-7-5-10-25(38)33(45)46-20(3)27(29(41)34-26)35-28(40)21-12-14-22(39)15-13-21/h12-15,19-20,23-27,39H,4-11,16-18H2,1-3H3,(H,34,41)(H,35,40). The first-order valence-electron chi connectivity index (χ1n) is 16.5. The number of amides is 5. The monoisotopic (exact) mass is 639 g/mol. The van der Waals surface area contributed by atoms with Gasteiger partial charge in [-0.15, -0.1) is 0 Å². The van der Waals surface area contributed by atoms with Crippen LogP contribution < -0.4 is 10.6 Å². The molecular formula is C33H45N5O8. The molecule has 0 saturated carbocycles. The summed E-state index contributed by atoms with van der Waals surface area (Å²) < 4.78 is 5.83. The van der Waals surface area contributed by atoms with E-state index in [-0.39, 0.29) is 29.0 Å². The number of rotatable bonds is 3. The molecule has 0 radical (unpaired) electrons. The van der Waals surface area contributed by atoms with Crippen LogP contribution in [0.15, 0.2) is 24.3 Å². The summed E-state index contributed by atoms with van der Waals surface area (Å²) in [7, 11) is 0. The molecule has 4 fully saturated rings. The van der Waals surface area contributed by atoms with E-state index < -0.39 is 60.0 Å². The smallest absolute Gasteiger partial charge is 0.329 e. The zero-order valence-corrected chi connectivity index (χ0v) is 26.8. The molecule has 4 aliphatic rings. The van der Waals surface area contributed by atoms with Crippen molar-refractivity contribution in [3.05, 3.63) is 29.8 Å². The van der Waals surface area contributed by atoms with E-state index in [1.807, 2.05) is 0 Å². The van der Waals surface area contributed by atoms with E-state index >= 15 is 0 Å². The Balaban J connectivity index is 1.52. The number of hydrogen-bond acceptors (Lipinski definition) is 8. The first kappa shape index (κ1) is 33.2. The maximum Gasteiger partial charge on any atom is 0.329 e. The number of nitrogens with zero attached hydrogens (tertiary/aromatic N) is 3. The van der Waals surface area contributed by atoms with Crippen LogP contribution in [0, 0.1) is 5.92 Å². The molecule has 6 unspecified atom stereocenters. The molecule has 250 valence electrons. The summed E-state index contributed by atoms with van der Waals surface area (Å²) in [6, 6.07) is 0.608. The number of phenols is 1. The Bertz CT molecular complexity index is 1350. The average molecular weight is 640 g/mol. The highest BCUT2D eigenvalue weighted by Crippen LogP contribution is 2.29. The number of phenolic OH excluding ortho intramolecular Hbond substituents is 1. The molecule has 1 aromatic rings. The fraction of sp³-hybridized carbons (Fsp3) is 0.636. The van der Waals surface area contributed by atoms with Crippen LogP contribution in [-0.2, 0) is 28.7 Å². The molecule has 13 nitrogen and oxygen atoms in total. The van der Waals surface area contributed by atoms with Gasteiger partial charge in [-0.1, -0.05) is 13.8 Å². The lowest BCUT2D eigenvalue weighted by Crippen LogP contribution is -2.63. The van der Waals surface area contributed by atoms with E-state index in [1.54, 1.807) is 18.7 Å². The average Bonchev–Trinajstić information content (AvgIpc) is 3.55. The van der Waals surface area contributed by atoms with Crippen molar-refractivity contribution in [3.8, 4) is 5.75 Å². The third kappa shape index (κ3) is 6.82. The summed E-state index contributed by atoms with van der Waals surface area (Å²) in [5.41, 5.74) is 0.160. The van der Waals surface area contributed by atoms with Gasteiger partial charge in [0.25, 0.3) is 5.91 Å². The van der Waals surface area contributed by atoms with Gasteiger partial charge in [0.2, 0.25) is 23.6 Å². The fourth-order valence-corrected chi connectivity index (χ4v) is 7.06. The molecule has 46 heavy (non-hydrogen) atoms. The first-order valence-corrected chi connectivity index (χ1v) is 16.5. The Morgan fingerprint density at radius 3 is 1.93 bits per heavy atom. The van der Waals surface area contributed by atoms with Crippen LogP contribution in [0.1, 0.15) is 82.5 Å². The van der Waals surface area contributed by atoms with Crippen LogP contribution >= 0.6 is 0 Å². The highest BCUT2D eigenvalue weighted by atomic mass is 16.5. The SMILES string of the molecule is CC(C)C1NC(=O)C(NC(=O)c2ccc(O)cc2)C(C)OC(=O)C2CCCCN2C(=O)C2CCCCN2C(=O)C2CCCN2C1=O. The Morgan fingerprint density at radius 2 is 1.33 bits per heavy atom. The van der Waals surface area contributed by atoms with Crippen molar-refractivity contribution in [3.63, 3.8) is 0 Å². The zero-order chi connectivity index (χ0) is 33.1. The largest absolute Gasteiger partial charge is 0.508 e. The highest BCUT2D eigenvalue weighted by Gasteiger charge is 2.47. The summed E-state index contributed by atoms with van der Waals surface area (Å²) in [6.07, 6.45) is 3.61. The van der Waals surface area contributed by atoms with E-state index in [1.165, 1.54) is 41.0 Å². The number of carbonyl (C=O) groups is 6. The third-order valence-electron chi connectivity index (χ3n) is 9.65. The van der Waals surface area contributed by atoms with Crippen molar-refractivity contribution in [2.45, 2.75) is 108 Å². The summed E-state index contributed by atoms with van der Waals surface area (Å²) >= 11 is 0. The van der Waals surface area contributed by atoms with Crippen LogP contribution in [0.3, 0.4) is 0 Å². The number of nitrogens with one attached hydrogen (secondary N) is 2. The Labute approximate surface area is 269 Å². The lowest BCUT2D eigenvalue weighted by Gasteiger charge is -2.43. The number of fused-ring (bicyclic) bond motifs is 3. The number of piperidine rings is 2. The topological polar surface area (TPSA) is 166 Å². The van der Waals surface area contributed by atoms with E-state index in [0.29, 0.717) is 58.2 Å². The van der Waals surface area contributed by atoms with Gasteiger partial charge in [-0.05, 0) is 88.5 Å².